The van der Waals surface area contributed by atoms with Crippen LogP contribution < -0.4 is 5.48 Å². The number of carbonyl (C=O) groups excluding carboxylic acids is 1. The van der Waals surface area contributed by atoms with Crippen molar-refractivity contribution in [2.24, 2.45) is 5.92 Å². The van der Waals surface area contributed by atoms with E-state index in [1.807, 2.05) is 0 Å². The summed E-state index contributed by atoms with van der Waals surface area (Å²) in [7, 11) is -3.84. The number of hydrogen-bond donors (Lipinski definition) is 2. The van der Waals surface area contributed by atoms with Crippen molar-refractivity contribution in [2.75, 3.05) is 26.3 Å². The standard InChI is InChI=1S/C19H36N2O5S/c1-2-3-4-5-6-7-8-17-9-13-21(14-10-17)27(24,25)19(18(22)20-23)11-15-26-16-12-19/h17,23H,2-16H2,1H3,(H,20,22). The van der Waals surface area contributed by atoms with Crippen LogP contribution in [0.1, 0.15) is 77.6 Å². The van der Waals surface area contributed by atoms with E-state index >= 15 is 0 Å². The lowest BCUT2D eigenvalue weighted by molar-refractivity contribution is -0.134. The van der Waals surface area contributed by atoms with Crippen LogP contribution in [-0.4, -0.2) is 54.9 Å². The molecule has 2 heterocycles. The molecule has 0 aromatic rings. The zero-order valence-electron chi connectivity index (χ0n) is 16.6. The molecule has 2 N–H and O–H groups in total. The monoisotopic (exact) mass is 404 g/mol. The second-order valence-electron chi connectivity index (χ2n) is 7.95. The van der Waals surface area contributed by atoms with Crippen LogP contribution in [0.5, 0.6) is 0 Å². The van der Waals surface area contributed by atoms with Gasteiger partial charge in [0.2, 0.25) is 10.0 Å². The van der Waals surface area contributed by atoms with Crippen molar-refractivity contribution in [3.05, 3.63) is 0 Å². The number of piperidine rings is 1. The van der Waals surface area contributed by atoms with Crippen LogP contribution in [0.2, 0.25) is 0 Å². The second-order valence-corrected chi connectivity index (χ2v) is 10.2. The van der Waals surface area contributed by atoms with Crippen molar-refractivity contribution in [3.8, 4) is 0 Å². The maximum atomic E-state index is 13.2. The fourth-order valence-electron chi connectivity index (χ4n) is 4.30. The summed E-state index contributed by atoms with van der Waals surface area (Å²) < 4.78 is 31.6. The number of sulfonamides is 1. The van der Waals surface area contributed by atoms with Crippen LogP contribution in [0.15, 0.2) is 0 Å². The highest BCUT2D eigenvalue weighted by Gasteiger charge is 2.54. The SMILES string of the molecule is CCCCCCCCC1CCN(S(=O)(=O)C2(C(=O)NO)CCOCC2)CC1. The van der Waals surface area contributed by atoms with Gasteiger partial charge in [-0.25, -0.2) is 18.2 Å². The van der Waals surface area contributed by atoms with Gasteiger partial charge in [0.25, 0.3) is 5.91 Å². The highest BCUT2D eigenvalue weighted by Crippen LogP contribution is 2.35. The number of carbonyl (C=O) groups is 1. The third-order valence-corrected chi connectivity index (χ3v) is 8.82. The number of hydroxylamine groups is 1. The fraction of sp³-hybridized carbons (Fsp3) is 0.947. The molecule has 0 atom stereocenters. The smallest absolute Gasteiger partial charge is 0.266 e. The number of ether oxygens (including phenoxy) is 1. The predicted molar refractivity (Wildman–Crippen MR) is 104 cm³/mol. The Balaban J connectivity index is 1.87. The van der Waals surface area contributed by atoms with E-state index in [4.69, 9.17) is 9.94 Å². The number of unbranched alkanes of at least 4 members (excludes halogenated alkanes) is 5. The molecule has 0 aromatic carbocycles. The average molecular weight is 405 g/mol. The first kappa shape index (κ1) is 22.6. The van der Waals surface area contributed by atoms with Crippen molar-refractivity contribution in [3.63, 3.8) is 0 Å². The van der Waals surface area contributed by atoms with Crippen LogP contribution in [0.4, 0.5) is 0 Å². The van der Waals surface area contributed by atoms with Crippen LogP contribution in [0.25, 0.3) is 0 Å². The van der Waals surface area contributed by atoms with E-state index in [9.17, 15) is 13.2 Å². The van der Waals surface area contributed by atoms with Gasteiger partial charge >= 0.3 is 0 Å². The van der Waals surface area contributed by atoms with Gasteiger partial charge in [0, 0.05) is 39.1 Å². The molecule has 0 radical (unpaired) electrons. The topological polar surface area (TPSA) is 95.9 Å². The number of rotatable bonds is 10. The molecule has 27 heavy (non-hydrogen) atoms. The van der Waals surface area contributed by atoms with Crippen LogP contribution in [-0.2, 0) is 19.6 Å². The maximum absolute atomic E-state index is 13.2. The third kappa shape index (κ3) is 5.43. The average Bonchev–Trinajstić information content (AvgIpc) is 2.70. The van der Waals surface area contributed by atoms with Crippen LogP contribution in [0, 0.1) is 5.92 Å². The van der Waals surface area contributed by atoms with Gasteiger partial charge in [-0.2, -0.15) is 0 Å². The quantitative estimate of drug-likeness (QED) is 0.332. The van der Waals surface area contributed by atoms with E-state index in [0.717, 1.165) is 19.3 Å². The Kier molecular flexibility index (Phi) is 8.98. The molecule has 0 spiro atoms. The second kappa shape index (κ2) is 10.7. The Bertz CT molecular complexity index is 552. The Labute approximate surface area is 163 Å². The summed E-state index contributed by atoms with van der Waals surface area (Å²) >= 11 is 0. The van der Waals surface area contributed by atoms with Crippen molar-refractivity contribution >= 4 is 15.9 Å². The van der Waals surface area contributed by atoms with Crippen molar-refractivity contribution in [2.45, 2.75) is 82.3 Å². The van der Waals surface area contributed by atoms with Crippen molar-refractivity contribution in [1.82, 2.24) is 9.79 Å². The first-order chi connectivity index (χ1) is 13.0. The summed E-state index contributed by atoms with van der Waals surface area (Å²) in [5.74, 6) is -0.264. The summed E-state index contributed by atoms with van der Waals surface area (Å²) in [6.07, 6.45) is 10.7. The molecule has 1 amide bonds. The Morgan fingerprint density at radius 3 is 2.30 bits per heavy atom. The molecule has 0 unspecified atom stereocenters. The minimum absolute atomic E-state index is 0.0828. The van der Waals surface area contributed by atoms with E-state index in [-0.39, 0.29) is 26.1 Å². The maximum Gasteiger partial charge on any atom is 0.266 e. The molecule has 2 aliphatic heterocycles. The molecule has 2 rings (SSSR count). The lowest BCUT2D eigenvalue weighted by atomic mass is 9.92. The minimum Gasteiger partial charge on any atom is -0.381 e. The molecule has 0 aromatic heterocycles. The van der Waals surface area contributed by atoms with Gasteiger partial charge in [0.15, 0.2) is 4.75 Å². The van der Waals surface area contributed by atoms with Crippen LogP contribution >= 0.6 is 0 Å². The van der Waals surface area contributed by atoms with E-state index in [0.29, 0.717) is 19.0 Å². The molecule has 2 aliphatic rings. The number of nitrogens with zero attached hydrogens (tertiary/aromatic N) is 1. The molecular weight excluding hydrogens is 368 g/mol. The van der Waals surface area contributed by atoms with Crippen molar-refractivity contribution < 1.29 is 23.2 Å². The zero-order valence-corrected chi connectivity index (χ0v) is 17.4. The van der Waals surface area contributed by atoms with Gasteiger partial charge in [-0.05, 0) is 18.8 Å². The lowest BCUT2D eigenvalue weighted by Crippen LogP contribution is -2.60. The van der Waals surface area contributed by atoms with Gasteiger partial charge in [0.1, 0.15) is 0 Å². The molecule has 8 heteroatoms. The van der Waals surface area contributed by atoms with Gasteiger partial charge in [-0.1, -0.05) is 51.9 Å². The van der Waals surface area contributed by atoms with Crippen LogP contribution in [0.3, 0.4) is 0 Å². The van der Waals surface area contributed by atoms with Gasteiger partial charge in [-0.3, -0.25) is 10.0 Å². The van der Waals surface area contributed by atoms with Crippen molar-refractivity contribution in [1.29, 1.82) is 0 Å². The number of amides is 1. The third-order valence-electron chi connectivity index (χ3n) is 6.19. The highest BCUT2D eigenvalue weighted by atomic mass is 32.2. The highest BCUT2D eigenvalue weighted by molar-refractivity contribution is 7.91. The van der Waals surface area contributed by atoms with E-state index < -0.39 is 20.7 Å². The van der Waals surface area contributed by atoms with Gasteiger partial charge in [0.05, 0.1) is 0 Å². The fourth-order valence-corrected chi connectivity index (χ4v) is 6.45. The summed E-state index contributed by atoms with van der Waals surface area (Å²) in [4.78, 5) is 12.3. The Hall–Kier alpha value is -0.700. The van der Waals surface area contributed by atoms with Gasteiger partial charge in [-0.15, -0.1) is 0 Å². The Morgan fingerprint density at radius 1 is 1.11 bits per heavy atom. The summed E-state index contributed by atoms with van der Waals surface area (Å²) in [5.41, 5.74) is 1.58. The lowest BCUT2D eigenvalue weighted by Gasteiger charge is -2.40. The molecule has 0 saturated carbocycles. The molecule has 2 saturated heterocycles. The molecule has 158 valence electrons. The van der Waals surface area contributed by atoms with Gasteiger partial charge < -0.3 is 4.74 Å². The largest absolute Gasteiger partial charge is 0.381 e. The molecule has 0 bridgehead atoms. The molecular formula is C19H36N2O5S. The first-order valence-corrected chi connectivity index (χ1v) is 11.9. The Morgan fingerprint density at radius 2 is 1.70 bits per heavy atom. The summed E-state index contributed by atoms with van der Waals surface area (Å²) in [6, 6.07) is 0. The predicted octanol–water partition coefficient (Wildman–Crippen LogP) is 2.83. The summed E-state index contributed by atoms with van der Waals surface area (Å²) in [6.45, 7) is 3.56. The summed E-state index contributed by atoms with van der Waals surface area (Å²) in [5, 5.41) is 9.11. The minimum atomic E-state index is -3.84. The molecule has 7 nitrogen and oxygen atoms in total. The molecule has 0 aliphatic carbocycles. The van der Waals surface area contributed by atoms with E-state index in [1.54, 1.807) is 5.48 Å². The van der Waals surface area contributed by atoms with E-state index in [1.165, 1.54) is 42.8 Å². The first-order valence-electron chi connectivity index (χ1n) is 10.5. The van der Waals surface area contributed by atoms with E-state index in [2.05, 4.69) is 6.92 Å². The zero-order chi connectivity index (χ0) is 19.8. The number of nitrogens with one attached hydrogen (secondary N) is 1. The molecule has 2 fully saturated rings. The normalized spacial score (nSPS) is 21.9. The number of hydrogen-bond acceptors (Lipinski definition) is 5.